The Balaban J connectivity index is 1.65. The number of pyridine rings is 1. The Kier molecular flexibility index (Phi) is 5.42. The van der Waals surface area contributed by atoms with Crippen molar-refractivity contribution in [2.45, 2.75) is 32.4 Å². The summed E-state index contributed by atoms with van der Waals surface area (Å²) in [4.78, 5) is 7.16. The fourth-order valence-electron chi connectivity index (χ4n) is 3.57. The molecule has 0 unspecified atom stereocenters. The Morgan fingerprint density at radius 3 is 2.70 bits per heavy atom. The zero-order valence-corrected chi connectivity index (χ0v) is 14.1. The first-order valence-electron chi connectivity index (χ1n) is 8.46. The molecule has 0 aliphatic carbocycles. The van der Waals surface area contributed by atoms with Gasteiger partial charge in [-0.15, -0.1) is 0 Å². The molecule has 0 saturated carbocycles. The van der Waals surface area contributed by atoms with Crippen LogP contribution in [0, 0.1) is 12.8 Å². The highest BCUT2D eigenvalue weighted by molar-refractivity contribution is 5.16. The third kappa shape index (κ3) is 4.40. The summed E-state index contributed by atoms with van der Waals surface area (Å²) in [6.07, 6.45) is 2.54. The van der Waals surface area contributed by atoms with Gasteiger partial charge in [0, 0.05) is 38.4 Å². The van der Waals surface area contributed by atoms with E-state index in [1.54, 1.807) is 0 Å². The number of hydrogen-bond donors (Lipinski definition) is 0. The van der Waals surface area contributed by atoms with Gasteiger partial charge in [0.2, 0.25) is 0 Å². The highest BCUT2D eigenvalue weighted by atomic mass is 16.5. The Hall–Kier alpha value is -1.71. The fraction of sp³-hybridized carbons (Fsp3) is 0.450. The lowest BCUT2D eigenvalue weighted by molar-refractivity contribution is -0.00878. The number of methoxy groups -OCH3 is 1. The average Bonchev–Trinajstić information content (AvgIpc) is 2.56. The van der Waals surface area contributed by atoms with E-state index in [2.05, 4.69) is 65.3 Å². The van der Waals surface area contributed by atoms with Gasteiger partial charge in [-0.1, -0.05) is 36.4 Å². The molecule has 2 heterocycles. The first-order valence-corrected chi connectivity index (χ1v) is 8.46. The van der Waals surface area contributed by atoms with Crippen molar-refractivity contribution in [1.82, 2.24) is 9.88 Å². The molecular formula is C20H26N2O. The number of hydrogen-bond acceptors (Lipinski definition) is 3. The van der Waals surface area contributed by atoms with Crippen molar-refractivity contribution in [1.29, 1.82) is 0 Å². The Bertz CT molecular complexity index is 614. The molecule has 1 aromatic heterocycles. The molecule has 0 N–H and O–H groups in total. The number of benzene rings is 1. The third-order valence-corrected chi connectivity index (χ3v) is 4.72. The lowest BCUT2D eigenvalue weighted by Crippen LogP contribution is -2.44. The second kappa shape index (κ2) is 7.71. The Morgan fingerprint density at radius 2 is 1.96 bits per heavy atom. The van der Waals surface area contributed by atoms with Gasteiger partial charge in [-0.3, -0.25) is 9.88 Å². The van der Waals surface area contributed by atoms with Crippen LogP contribution in [-0.4, -0.2) is 36.2 Å². The van der Waals surface area contributed by atoms with Gasteiger partial charge in [-0.25, -0.2) is 0 Å². The zero-order valence-electron chi connectivity index (χ0n) is 14.1. The SMILES string of the molecule is CO[C@H]1CCN(Cc2cccc(C)n2)C[C@H]1Cc1ccccc1. The molecule has 1 saturated heterocycles. The van der Waals surface area contributed by atoms with Crippen molar-refractivity contribution >= 4 is 0 Å². The van der Waals surface area contributed by atoms with Crippen molar-refractivity contribution in [3.63, 3.8) is 0 Å². The van der Waals surface area contributed by atoms with Gasteiger partial charge in [0.05, 0.1) is 11.8 Å². The normalized spacial score (nSPS) is 22.2. The summed E-state index contributed by atoms with van der Waals surface area (Å²) in [5.41, 5.74) is 3.66. The molecule has 0 amide bonds. The standard InChI is InChI=1S/C20H26N2O/c1-16-7-6-10-19(21-16)15-22-12-11-20(23-2)18(14-22)13-17-8-4-3-5-9-17/h3-10,18,20H,11-15H2,1-2H3/t18-,20+/m1/s1. The van der Waals surface area contributed by atoms with Crippen molar-refractivity contribution in [3.05, 3.63) is 65.5 Å². The predicted octanol–water partition coefficient (Wildman–Crippen LogP) is 3.47. The van der Waals surface area contributed by atoms with Crippen LogP contribution in [0.5, 0.6) is 0 Å². The molecule has 2 atom stereocenters. The monoisotopic (exact) mass is 310 g/mol. The first-order chi connectivity index (χ1) is 11.2. The van der Waals surface area contributed by atoms with E-state index in [1.807, 2.05) is 7.11 Å². The smallest absolute Gasteiger partial charge is 0.0627 e. The maximum atomic E-state index is 5.75. The van der Waals surface area contributed by atoms with Crippen molar-refractivity contribution in [3.8, 4) is 0 Å². The van der Waals surface area contributed by atoms with E-state index in [1.165, 1.54) is 11.3 Å². The molecule has 3 nitrogen and oxygen atoms in total. The molecule has 1 fully saturated rings. The maximum Gasteiger partial charge on any atom is 0.0627 e. The zero-order chi connectivity index (χ0) is 16.1. The number of likely N-dealkylation sites (tertiary alicyclic amines) is 1. The number of ether oxygens (including phenoxy) is 1. The van der Waals surface area contributed by atoms with Gasteiger partial charge in [-0.05, 0) is 37.5 Å². The van der Waals surface area contributed by atoms with Crippen LogP contribution < -0.4 is 0 Å². The first kappa shape index (κ1) is 16.2. The molecule has 2 aromatic rings. The van der Waals surface area contributed by atoms with Crippen molar-refractivity contribution in [2.75, 3.05) is 20.2 Å². The summed E-state index contributed by atoms with van der Waals surface area (Å²) in [5.74, 6) is 0.543. The van der Waals surface area contributed by atoms with E-state index >= 15 is 0 Å². The van der Waals surface area contributed by atoms with Gasteiger partial charge < -0.3 is 4.74 Å². The average molecular weight is 310 g/mol. The van der Waals surface area contributed by atoms with Crippen molar-refractivity contribution in [2.24, 2.45) is 5.92 Å². The van der Waals surface area contributed by atoms with E-state index in [-0.39, 0.29) is 0 Å². The molecule has 0 bridgehead atoms. The summed E-state index contributed by atoms with van der Waals surface area (Å²) in [5, 5.41) is 0. The predicted molar refractivity (Wildman–Crippen MR) is 93.3 cm³/mol. The lowest BCUT2D eigenvalue weighted by atomic mass is 9.88. The van der Waals surface area contributed by atoms with Crippen LogP contribution in [-0.2, 0) is 17.7 Å². The molecule has 3 rings (SSSR count). The van der Waals surface area contributed by atoms with Crippen LogP contribution >= 0.6 is 0 Å². The molecule has 1 aromatic carbocycles. The topological polar surface area (TPSA) is 25.4 Å². The van der Waals surface area contributed by atoms with E-state index in [0.29, 0.717) is 12.0 Å². The van der Waals surface area contributed by atoms with Gasteiger partial charge in [0.1, 0.15) is 0 Å². The summed E-state index contributed by atoms with van der Waals surface area (Å²) >= 11 is 0. The van der Waals surface area contributed by atoms with Crippen LogP contribution in [0.2, 0.25) is 0 Å². The summed E-state index contributed by atoms with van der Waals surface area (Å²) in [7, 11) is 1.85. The molecule has 1 aliphatic heterocycles. The van der Waals surface area contributed by atoms with Gasteiger partial charge in [0.15, 0.2) is 0 Å². The minimum atomic E-state index is 0.358. The Morgan fingerprint density at radius 1 is 1.13 bits per heavy atom. The second-order valence-electron chi connectivity index (χ2n) is 6.52. The van der Waals surface area contributed by atoms with Gasteiger partial charge >= 0.3 is 0 Å². The van der Waals surface area contributed by atoms with E-state index < -0.39 is 0 Å². The number of piperidine rings is 1. The number of rotatable bonds is 5. The largest absolute Gasteiger partial charge is 0.381 e. The van der Waals surface area contributed by atoms with Crippen LogP contribution in [0.3, 0.4) is 0 Å². The van der Waals surface area contributed by atoms with Crippen LogP contribution in [0.25, 0.3) is 0 Å². The minimum Gasteiger partial charge on any atom is -0.381 e. The number of aryl methyl sites for hydroxylation is 1. The number of aromatic nitrogens is 1. The van der Waals surface area contributed by atoms with Gasteiger partial charge in [-0.2, -0.15) is 0 Å². The molecule has 122 valence electrons. The highest BCUT2D eigenvalue weighted by Gasteiger charge is 2.29. The molecular weight excluding hydrogens is 284 g/mol. The van der Waals surface area contributed by atoms with E-state index in [9.17, 15) is 0 Å². The van der Waals surface area contributed by atoms with E-state index in [4.69, 9.17) is 4.74 Å². The second-order valence-corrected chi connectivity index (χ2v) is 6.52. The molecule has 23 heavy (non-hydrogen) atoms. The molecule has 0 spiro atoms. The molecule has 0 radical (unpaired) electrons. The van der Waals surface area contributed by atoms with Crippen LogP contribution in [0.4, 0.5) is 0 Å². The molecule has 3 heteroatoms. The Labute approximate surface area is 139 Å². The third-order valence-electron chi connectivity index (χ3n) is 4.72. The van der Waals surface area contributed by atoms with Crippen LogP contribution in [0.1, 0.15) is 23.4 Å². The summed E-state index contributed by atoms with van der Waals surface area (Å²) in [6, 6.07) is 17.0. The molecule has 1 aliphatic rings. The highest BCUT2D eigenvalue weighted by Crippen LogP contribution is 2.24. The quantitative estimate of drug-likeness (QED) is 0.845. The van der Waals surface area contributed by atoms with E-state index in [0.717, 1.165) is 38.2 Å². The van der Waals surface area contributed by atoms with Crippen molar-refractivity contribution < 1.29 is 4.74 Å². The van der Waals surface area contributed by atoms with Gasteiger partial charge in [0.25, 0.3) is 0 Å². The number of nitrogens with zero attached hydrogens (tertiary/aromatic N) is 2. The minimum absolute atomic E-state index is 0.358. The summed E-state index contributed by atoms with van der Waals surface area (Å²) < 4.78 is 5.75. The fourth-order valence-corrected chi connectivity index (χ4v) is 3.57. The lowest BCUT2D eigenvalue weighted by Gasteiger charge is -2.38. The summed E-state index contributed by atoms with van der Waals surface area (Å²) in [6.45, 7) is 5.14. The maximum absolute atomic E-state index is 5.75. The van der Waals surface area contributed by atoms with Crippen LogP contribution in [0.15, 0.2) is 48.5 Å².